The lowest BCUT2D eigenvalue weighted by Gasteiger charge is -2.46. The number of hydrogen-bond donors (Lipinski definition) is 1. The van der Waals surface area contributed by atoms with Crippen molar-refractivity contribution in [2.45, 2.75) is 51.7 Å². The molecule has 0 radical (unpaired) electrons. The first-order valence-corrected chi connectivity index (χ1v) is 7.28. The van der Waals surface area contributed by atoms with E-state index >= 15 is 0 Å². The normalized spacial score (nSPS) is 34.6. The monoisotopic (exact) mass is 239 g/mol. The predicted octanol–water partition coefficient (Wildman–Crippen LogP) is 1.40. The van der Waals surface area contributed by atoms with E-state index < -0.39 is 0 Å². The summed E-state index contributed by atoms with van der Waals surface area (Å²) in [4.78, 5) is 5.45. The third kappa shape index (κ3) is 2.83. The van der Waals surface area contributed by atoms with Crippen molar-refractivity contribution < 1.29 is 0 Å². The summed E-state index contributed by atoms with van der Waals surface area (Å²) in [6.45, 7) is 12.2. The summed E-state index contributed by atoms with van der Waals surface area (Å²) in [5.74, 6) is 0.732. The molecule has 1 N–H and O–H groups in total. The number of hydrogen-bond acceptors (Lipinski definition) is 3. The van der Waals surface area contributed by atoms with Gasteiger partial charge < -0.3 is 5.32 Å². The fourth-order valence-electron chi connectivity index (χ4n) is 3.60. The summed E-state index contributed by atoms with van der Waals surface area (Å²) in [6, 6.07) is 2.26. The Morgan fingerprint density at radius 1 is 1.29 bits per heavy atom. The van der Waals surface area contributed by atoms with Crippen LogP contribution < -0.4 is 5.32 Å². The van der Waals surface area contributed by atoms with Crippen LogP contribution in [0.15, 0.2) is 0 Å². The summed E-state index contributed by atoms with van der Waals surface area (Å²) in [5, 5.41) is 3.31. The van der Waals surface area contributed by atoms with E-state index in [2.05, 4.69) is 42.9 Å². The molecular formula is C14H29N3. The number of nitrogens with zero attached hydrogens (tertiary/aromatic N) is 2. The lowest BCUT2D eigenvalue weighted by molar-refractivity contribution is 0.0173. The first kappa shape index (κ1) is 13.3. The molecule has 100 valence electrons. The van der Waals surface area contributed by atoms with Crippen molar-refractivity contribution in [2.75, 3.05) is 33.2 Å². The van der Waals surface area contributed by atoms with Crippen molar-refractivity contribution in [3.05, 3.63) is 0 Å². The fraction of sp³-hybridized carbons (Fsp3) is 1.00. The van der Waals surface area contributed by atoms with Crippen LogP contribution in [0.2, 0.25) is 0 Å². The third-order valence-electron chi connectivity index (χ3n) is 4.86. The number of piperazine rings is 1. The SMILES string of the molecule is CNCC(C)C(C)N1CC2CCCN2CC1C. The molecule has 0 aliphatic carbocycles. The highest BCUT2D eigenvalue weighted by molar-refractivity contribution is 4.93. The minimum Gasteiger partial charge on any atom is -0.319 e. The van der Waals surface area contributed by atoms with Gasteiger partial charge in [0.15, 0.2) is 0 Å². The van der Waals surface area contributed by atoms with Crippen LogP contribution in [0, 0.1) is 5.92 Å². The summed E-state index contributed by atoms with van der Waals surface area (Å²) in [5.41, 5.74) is 0. The topological polar surface area (TPSA) is 18.5 Å². The Labute approximate surface area is 107 Å². The van der Waals surface area contributed by atoms with Crippen LogP contribution in [0.5, 0.6) is 0 Å². The summed E-state index contributed by atoms with van der Waals surface area (Å²) < 4.78 is 0. The van der Waals surface area contributed by atoms with E-state index in [1.807, 2.05) is 0 Å². The zero-order valence-corrected chi connectivity index (χ0v) is 11.9. The minimum absolute atomic E-state index is 0.695. The molecule has 4 unspecified atom stereocenters. The number of fused-ring (bicyclic) bond motifs is 1. The summed E-state index contributed by atoms with van der Waals surface area (Å²) >= 11 is 0. The molecule has 2 fully saturated rings. The largest absolute Gasteiger partial charge is 0.319 e. The van der Waals surface area contributed by atoms with Gasteiger partial charge in [0.25, 0.3) is 0 Å². The average Bonchev–Trinajstić information content (AvgIpc) is 2.74. The van der Waals surface area contributed by atoms with Gasteiger partial charge in [-0.1, -0.05) is 6.92 Å². The summed E-state index contributed by atoms with van der Waals surface area (Å²) in [6.07, 6.45) is 2.82. The van der Waals surface area contributed by atoms with E-state index in [1.165, 1.54) is 32.5 Å². The van der Waals surface area contributed by atoms with Gasteiger partial charge in [-0.3, -0.25) is 9.80 Å². The second kappa shape index (κ2) is 5.68. The van der Waals surface area contributed by atoms with E-state index in [0.29, 0.717) is 6.04 Å². The molecule has 4 atom stereocenters. The first-order chi connectivity index (χ1) is 8.13. The second-order valence-corrected chi connectivity index (χ2v) is 6.11. The van der Waals surface area contributed by atoms with Gasteiger partial charge in [-0.15, -0.1) is 0 Å². The maximum atomic E-state index is 3.31. The molecule has 3 nitrogen and oxygen atoms in total. The van der Waals surface area contributed by atoms with Crippen LogP contribution in [0.3, 0.4) is 0 Å². The van der Waals surface area contributed by atoms with Crippen LogP contribution >= 0.6 is 0 Å². The van der Waals surface area contributed by atoms with Crippen LogP contribution in [-0.2, 0) is 0 Å². The number of nitrogens with one attached hydrogen (secondary N) is 1. The van der Waals surface area contributed by atoms with Crippen molar-refractivity contribution >= 4 is 0 Å². The van der Waals surface area contributed by atoms with Crippen molar-refractivity contribution in [2.24, 2.45) is 5.92 Å². The molecule has 0 aromatic heterocycles. The highest BCUT2D eigenvalue weighted by Gasteiger charge is 2.37. The molecule has 2 heterocycles. The average molecular weight is 239 g/mol. The maximum absolute atomic E-state index is 3.31. The third-order valence-corrected chi connectivity index (χ3v) is 4.86. The molecule has 0 aromatic carbocycles. The molecule has 2 rings (SSSR count). The van der Waals surface area contributed by atoms with Crippen LogP contribution in [0.25, 0.3) is 0 Å². The molecule has 0 spiro atoms. The zero-order valence-electron chi connectivity index (χ0n) is 11.9. The summed E-state index contributed by atoms with van der Waals surface area (Å²) in [7, 11) is 2.06. The van der Waals surface area contributed by atoms with Gasteiger partial charge in [0.1, 0.15) is 0 Å². The van der Waals surface area contributed by atoms with Gasteiger partial charge in [-0.05, 0) is 52.7 Å². The molecule has 0 saturated carbocycles. The quantitative estimate of drug-likeness (QED) is 0.800. The smallest absolute Gasteiger partial charge is 0.0224 e. The first-order valence-electron chi connectivity index (χ1n) is 7.28. The molecule has 3 heteroatoms. The molecule has 0 bridgehead atoms. The van der Waals surface area contributed by atoms with Gasteiger partial charge in [-0.2, -0.15) is 0 Å². The van der Waals surface area contributed by atoms with Crippen LogP contribution in [-0.4, -0.2) is 61.2 Å². The van der Waals surface area contributed by atoms with Gasteiger partial charge in [-0.25, -0.2) is 0 Å². The molecule has 2 saturated heterocycles. The Hall–Kier alpha value is -0.120. The van der Waals surface area contributed by atoms with Crippen molar-refractivity contribution in [1.82, 2.24) is 15.1 Å². The molecule has 17 heavy (non-hydrogen) atoms. The van der Waals surface area contributed by atoms with E-state index in [0.717, 1.165) is 24.5 Å². The highest BCUT2D eigenvalue weighted by Crippen LogP contribution is 2.27. The maximum Gasteiger partial charge on any atom is 0.0224 e. The van der Waals surface area contributed by atoms with Crippen molar-refractivity contribution in [3.63, 3.8) is 0 Å². The van der Waals surface area contributed by atoms with Crippen molar-refractivity contribution in [3.8, 4) is 0 Å². The minimum atomic E-state index is 0.695. The molecule has 2 aliphatic heterocycles. The standard InChI is InChI=1S/C14H29N3/c1-11(8-15-4)13(3)17-10-14-6-5-7-16(14)9-12(17)2/h11-15H,5-10H2,1-4H3. The second-order valence-electron chi connectivity index (χ2n) is 6.11. The Balaban J connectivity index is 1.95. The Bertz CT molecular complexity index is 244. The van der Waals surface area contributed by atoms with Gasteiger partial charge in [0.05, 0.1) is 0 Å². The van der Waals surface area contributed by atoms with Crippen LogP contribution in [0.1, 0.15) is 33.6 Å². The van der Waals surface area contributed by atoms with Gasteiger partial charge >= 0.3 is 0 Å². The highest BCUT2D eigenvalue weighted by atomic mass is 15.3. The van der Waals surface area contributed by atoms with E-state index in [9.17, 15) is 0 Å². The lowest BCUT2D eigenvalue weighted by atomic mass is 9.97. The molecule has 2 aliphatic rings. The Morgan fingerprint density at radius 3 is 2.76 bits per heavy atom. The van der Waals surface area contributed by atoms with Crippen LogP contribution in [0.4, 0.5) is 0 Å². The fourth-order valence-corrected chi connectivity index (χ4v) is 3.60. The zero-order chi connectivity index (χ0) is 12.4. The van der Waals surface area contributed by atoms with Crippen molar-refractivity contribution in [1.29, 1.82) is 0 Å². The number of rotatable bonds is 4. The predicted molar refractivity (Wildman–Crippen MR) is 73.3 cm³/mol. The van der Waals surface area contributed by atoms with Gasteiger partial charge in [0, 0.05) is 31.2 Å². The van der Waals surface area contributed by atoms with E-state index in [4.69, 9.17) is 0 Å². The molecule has 0 aromatic rings. The Morgan fingerprint density at radius 2 is 2.06 bits per heavy atom. The van der Waals surface area contributed by atoms with E-state index in [1.54, 1.807) is 0 Å². The Kier molecular flexibility index (Phi) is 4.45. The molecular weight excluding hydrogens is 210 g/mol. The van der Waals surface area contributed by atoms with E-state index in [-0.39, 0.29) is 0 Å². The van der Waals surface area contributed by atoms with Gasteiger partial charge in [0.2, 0.25) is 0 Å². The molecule has 0 amide bonds. The lowest BCUT2D eigenvalue weighted by Crippen LogP contribution is -2.59.